The lowest BCUT2D eigenvalue weighted by atomic mass is 10.0. The fourth-order valence-corrected chi connectivity index (χ4v) is 4.46. The maximum Gasteiger partial charge on any atom is 0.416 e. The number of amides is 1. The number of nitrogens with one attached hydrogen (secondary N) is 1. The largest absolute Gasteiger partial charge is 0.416 e. The molecule has 37 heavy (non-hydrogen) atoms. The topological polar surface area (TPSA) is 116 Å². The van der Waals surface area contributed by atoms with Crippen molar-refractivity contribution in [3.8, 4) is 0 Å². The molecule has 1 fully saturated rings. The van der Waals surface area contributed by atoms with Crippen LogP contribution in [0.4, 0.5) is 18.9 Å². The number of aromatic amines is 1. The minimum Gasteiger partial charge on any atom is -0.401 e. The predicted octanol–water partition coefficient (Wildman–Crippen LogP) is 3.46. The molecule has 1 aromatic heterocycles. The monoisotopic (exact) mass is 510 g/mol. The quantitative estimate of drug-likeness (QED) is 0.412. The van der Waals surface area contributed by atoms with E-state index in [4.69, 9.17) is 5.73 Å². The van der Waals surface area contributed by atoms with Crippen molar-refractivity contribution in [3.05, 3.63) is 64.4 Å². The summed E-state index contributed by atoms with van der Waals surface area (Å²) in [6, 6.07) is 9.07. The van der Waals surface area contributed by atoms with Crippen molar-refractivity contribution in [1.29, 1.82) is 0 Å². The Bertz CT molecular complexity index is 1450. The first-order valence-electron chi connectivity index (χ1n) is 11.7. The molecule has 0 radical (unpaired) electrons. The lowest BCUT2D eigenvalue weighted by molar-refractivity contribution is -0.137. The molecular formula is C25H25F3N8O. The summed E-state index contributed by atoms with van der Waals surface area (Å²) in [5.41, 5.74) is 9.56. The number of aromatic nitrogens is 3. The number of nitrogens with zero attached hydrogens (tertiary/aromatic N) is 6. The minimum absolute atomic E-state index is 0.0558. The summed E-state index contributed by atoms with van der Waals surface area (Å²) < 4.78 is 39.3. The number of carbonyl (C=O) groups is 1. The normalized spacial score (nSPS) is 17.9. The van der Waals surface area contributed by atoms with Crippen LogP contribution in [0.15, 0.2) is 57.7 Å². The van der Waals surface area contributed by atoms with Gasteiger partial charge in [-0.2, -0.15) is 28.6 Å². The number of hydrogen-bond donors (Lipinski definition) is 2. The van der Waals surface area contributed by atoms with E-state index in [9.17, 15) is 18.0 Å². The Labute approximate surface area is 210 Å². The van der Waals surface area contributed by atoms with E-state index in [1.54, 1.807) is 49.2 Å². The minimum atomic E-state index is -4.44. The molecule has 0 aliphatic carbocycles. The molecule has 0 bridgehead atoms. The van der Waals surface area contributed by atoms with E-state index in [-0.39, 0.29) is 17.6 Å². The number of H-pyrrole nitrogens is 1. The third-order valence-electron chi connectivity index (χ3n) is 6.48. The fraction of sp³-hybridized carbons (Fsp3) is 0.320. The van der Waals surface area contributed by atoms with Crippen LogP contribution >= 0.6 is 0 Å². The summed E-state index contributed by atoms with van der Waals surface area (Å²) >= 11 is 0. The molecule has 1 saturated heterocycles. The fourth-order valence-electron chi connectivity index (χ4n) is 4.46. The summed E-state index contributed by atoms with van der Waals surface area (Å²) in [4.78, 5) is 25.3. The Morgan fingerprint density at radius 3 is 2.65 bits per heavy atom. The first-order chi connectivity index (χ1) is 17.6. The van der Waals surface area contributed by atoms with Crippen LogP contribution in [0.3, 0.4) is 0 Å². The number of aliphatic imine (C=N–C) groups is 2. The van der Waals surface area contributed by atoms with Gasteiger partial charge in [0.05, 0.1) is 11.3 Å². The van der Waals surface area contributed by atoms with Gasteiger partial charge in [-0.1, -0.05) is 0 Å². The van der Waals surface area contributed by atoms with Gasteiger partial charge in [0.25, 0.3) is 5.91 Å². The molecule has 2 aromatic carbocycles. The number of alkyl halides is 3. The lowest BCUT2D eigenvalue weighted by Crippen LogP contribution is -2.60. The van der Waals surface area contributed by atoms with Gasteiger partial charge in [0.1, 0.15) is 16.9 Å². The van der Waals surface area contributed by atoms with Crippen LogP contribution in [0.1, 0.15) is 28.4 Å². The summed E-state index contributed by atoms with van der Waals surface area (Å²) in [6.07, 6.45) is -2.82. The van der Waals surface area contributed by atoms with Crippen molar-refractivity contribution >= 4 is 34.7 Å². The number of fused-ring (bicyclic) bond motifs is 1. The number of amidine groups is 1. The van der Waals surface area contributed by atoms with Gasteiger partial charge < -0.3 is 10.6 Å². The van der Waals surface area contributed by atoms with Gasteiger partial charge in [0.15, 0.2) is 0 Å². The average molecular weight is 511 g/mol. The van der Waals surface area contributed by atoms with E-state index in [0.29, 0.717) is 59.9 Å². The van der Waals surface area contributed by atoms with Gasteiger partial charge in [-0.15, -0.1) is 0 Å². The molecule has 1 amide bonds. The molecule has 0 atom stereocenters. The number of rotatable bonds is 4. The molecule has 5 rings (SSSR count). The van der Waals surface area contributed by atoms with Gasteiger partial charge in [0, 0.05) is 55.3 Å². The van der Waals surface area contributed by atoms with E-state index in [1.807, 2.05) is 0 Å². The van der Waals surface area contributed by atoms with Crippen LogP contribution in [0.25, 0.3) is 11.0 Å². The first kappa shape index (κ1) is 24.6. The van der Waals surface area contributed by atoms with Gasteiger partial charge >= 0.3 is 6.18 Å². The summed E-state index contributed by atoms with van der Waals surface area (Å²) in [5.74, 6) is 0.265. The van der Waals surface area contributed by atoms with Crippen molar-refractivity contribution in [2.75, 3.05) is 26.2 Å². The van der Waals surface area contributed by atoms with E-state index in [0.717, 1.165) is 17.7 Å². The lowest BCUT2D eigenvalue weighted by Gasteiger charge is -2.44. The SMILES string of the molecule is CC(N=CC1=C(N)CN(C2CN(C(=O)c3ccc4n[nH]nc4c3)C2)C1)=Nc1cc(C)cc(C(F)(F)F)c1. The van der Waals surface area contributed by atoms with E-state index in [2.05, 4.69) is 30.3 Å². The number of aryl methyl sites for hydroxylation is 1. The smallest absolute Gasteiger partial charge is 0.401 e. The second-order valence-corrected chi connectivity index (χ2v) is 9.32. The Kier molecular flexibility index (Phi) is 6.28. The van der Waals surface area contributed by atoms with Gasteiger partial charge in [0.2, 0.25) is 0 Å². The van der Waals surface area contributed by atoms with Gasteiger partial charge in [-0.05, 0) is 55.8 Å². The van der Waals surface area contributed by atoms with E-state index in [1.165, 1.54) is 0 Å². The van der Waals surface area contributed by atoms with Crippen LogP contribution in [-0.4, -0.2) is 75.4 Å². The van der Waals surface area contributed by atoms with Crippen molar-refractivity contribution in [2.45, 2.75) is 26.1 Å². The third kappa shape index (κ3) is 5.24. The molecule has 9 nitrogen and oxygen atoms in total. The molecule has 12 heteroatoms. The summed E-state index contributed by atoms with van der Waals surface area (Å²) in [6.45, 7) is 5.52. The third-order valence-corrected chi connectivity index (χ3v) is 6.48. The Morgan fingerprint density at radius 2 is 1.89 bits per heavy atom. The Morgan fingerprint density at radius 1 is 1.14 bits per heavy atom. The van der Waals surface area contributed by atoms with Gasteiger partial charge in [-0.3, -0.25) is 9.69 Å². The number of carbonyl (C=O) groups excluding carboxylic acids is 1. The van der Waals surface area contributed by atoms with Crippen LogP contribution in [0.2, 0.25) is 0 Å². The average Bonchev–Trinajstić information content (AvgIpc) is 3.41. The zero-order valence-electron chi connectivity index (χ0n) is 20.3. The maximum absolute atomic E-state index is 13.1. The second-order valence-electron chi connectivity index (χ2n) is 9.32. The van der Waals surface area contributed by atoms with Crippen LogP contribution in [0.5, 0.6) is 0 Å². The highest BCUT2D eigenvalue weighted by atomic mass is 19.4. The molecule has 0 spiro atoms. The molecule has 192 valence electrons. The molecule has 3 aromatic rings. The number of likely N-dealkylation sites (tertiary alicyclic amines) is 1. The Balaban J connectivity index is 1.18. The van der Waals surface area contributed by atoms with Crippen LogP contribution in [-0.2, 0) is 6.18 Å². The molecule has 0 saturated carbocycles. The standard InChI is InChI=1S/C25H25F3N8O/c1-14-5-18(25(26,27)28)8-19(6-14)31-15(2)30-9-17-10-35(13-21(17)29)20-11-36(12-20)24(37)16-3-4-22-23(7-16)33-34-32-22/h3-9,20H,10-13,29H2,1-2H3,(H,32,33,34). The zero-order chi connectivity index (χ0) is 26.3. The van der Waals surface area contributed by atoms with E-state index >= 15 is 0 Å². The van der Waals surface area contributed by atoms with Crippen LogP contribution in [0, 0.1) is 6.92 Å². The highest BCUT2D eigenvalue weighted by Gasteiger charge is 2.37. The summed E-state index contributed by atoms with van der Waals surface area (Å²) in [7, 11) is 0. The van der Waals surface area contributed by atoms with Crippen molar-refractivity contribution in [2.24, 2.45) is 15.7 Å². The molecule has 3 heterocycles. The molecule has 2 aliphatic rings. The van der Waals surface area contributed by atoms with Crippen molar-refractivity contribution < 1.29 is 18.0 Å². The first-order valence-corrected chi connectivity index (χ1v) is 11.7. The Hall–Kier alpha value is -4.06. The van der Waals surface area contributed by atoms with Gasteiger partial charge in [-0.25, -0.2) is 9.98 Å². The van der Waals surface area contributed by atoms with Crippen molar-refractivity contribution in [1.82, 2.24) is 25.2 Å². The highest BCUT2D eigenvalue weighted by Crippen LogP contribution is 2.32. The zero-order valence-corrected chi connectivity index (χ0v) is 20.3. The van der Waals surface area contributed by atoms with Crippen LogP contribution < -0.4 is 5.73 Å². The molecule has 2 aliphatic heterocycles. The second kappa shape index (κ2) is 9.43. The number of benzene rings is 2. The number of halogens is 3. The predicted molar refractivity (Wildman–Crippen MR) is 134 cm³/mol. The molecule has 0 unspecified atom stereocenters. The van der Waals surface area contributed by atoms with Crippen molar-refractivity contribution in [3.63, 3.8) is 0 Å². The van der Waals surface area contributed by atoms with E-state index < -0.39 is 11.7 Å². The number of nitrogens with two attached hydrogens (primary N) is 1. The molecule has 3 N–H and O–H groups in total. The maximum atomic E-state index is 13.1. The number of hydrogen-bond acceptors (Lipinski definition) is 6. The summed E-state index contributed by atoms with van der Waals surface area (Å²) in [5, 5.41) is 10.6. The highest BCUT2D eigenvalue weighted by molar-refractivity contribution is 5.98. The molecular weight excluding hydrogens is 485 g/mol.